The molecule has 17 heavy (non-hydrogen) atoms. The minimum atomic E-state index is 0.181. The Balaban J connectivity index is 2.73. The van der Waals surface area contributed by atoms with Gasteiger partial charge in [0.25, 0.3) is 0 Å². The summed E-state index contributed by atoms with van der Waals surface area (Å²) in [6.07, 6.45) is 3.39. The number of hydrogen-bond donors (Lipinski definition) is 1. The van der Waals surface area contributed by atoms with Gasteiger partial charge in [0.2, 0.25) is 0 Å². The number of nitrogens with one attached hydrogen (secondary N) is 1. The van der Waals surface area contributed by atoms with Gasteiger partial charge < -0.3 is 5.32 Å². The Morgan fingerprint density at radius 3 is 2.53 bits per heavy atom. The lowest BCUT2D eigenvalue weighted by atomic mass is 10.0. The molecule has 0 unspecified atom stereocenters. The SMILES string of the molecule is CCC(=Cc1cccc(C)c1)CNC(C)(C)C. The molecule has 0 aliphatic heterocycles. The third kappa shape index (κ3) is 5.69. The van der Waals surface area contributed by atoms with E-state index in [-0.39, 0.29) is 5.54 Å². The summed E-state index contributed by atoms with van der Waals surface area (Å²) in [5.74, 6) is 0. The second-order valence-corrected chi connectivity index (χ2v) is 5.67. The van der Waals surface area contributed by atoms with Crippen LogP contribution < -0.4 is 5.32 Å². The van der Waals surface area contributed by atoms with Gasteiger partial charge in [-0.15, -0.1) is 0 Å². The molecule has 0 radical (unpaired) electrons. The predicted molar refractivity (Wildman–Crippen MR) is 77.2 cm³/mol. The molecular formula is C16H25N. The maximum absolute atomic E-state index is 3.54. The van der Waals surface area contributed by atoms with Crippen LogP contribution in [0.4, 0.5) is 0 Å². The molecule has 0 aromatic heterocycles. The summed E-state index contributed by atoms with van der Waals surface area (Å²) in [5, 5.41) is 3.54. The third-order valence-electron chi connectivity index (χ3n) is 2.71. The van der Waals surface area contributed by atoms with E-state index in [2.05, 4.69) is 70.3 Å². The highest BCUT2D eigenvalue weighted by atomic mass is 14.9. The highest BCUT2D eigenvalue weighted by Gasteiger charge is 2.08. The Hall–Kier alpha value is -1.08. The van der Waals surface area contributed by atoms with E-state index in [9.17, 15) is 0 Å². The van der Waals surface area contributed by atoms with Crippen LogP contribution in [0.3, 0.4) is 0 Å². The molecule has 0 aliphatic carbocycles. The maximum atomic E-state index is 3.54. The molecule has 0 fully saturated rings. The summed E-state index contributed by atoms with van der Waals surface area (Å²) in [7, 11) is 0. The van der Waals surface area contributed by atoms with Crippen molar-refractivity contribution in [2.75, 3.05) is 6.54 Å². The summed E-state index contributed by atoms with van der Waals surface area (Å²) >= 11 is 0. The monoisotopic (exact) mass is 231 g/mol. The molecular weight excluding hydrogens is 206 g/mol. The first kappa shape index (κ1) is 14.0. The van der Waals surface area contributed by atoms with Gasteiger partial charge in [0.15, 0.2) is 0 Å². The average Bonchev–Trinajstić information content (AvgIpc) is 2.23. The quantitative estimate of drug-likeness (QED) is 0.820. The van der Waals surface area contributed by atoms with Crippen molar-refractivity contribution in [2.45, 2.75) is 46.6 Å². The Bertz CT molecular complexity index is 383. The first-order valence-corrected chi connectivity index (χ1v) is 6.42. The predicted octanol–water partition coefficient (Wildman–Crippen LogP) is 4.18. The molecule has 1 nitrogen and oxygen atoms in total. The van der Waals surface area contributed by atoms with Crippen LogP contribution in [0.1, 0.15) is 45.2 Å². The van der Waals surface area contributed by atoms with Crippen molar-refractivity contribution in [1.82, 2.24) is 5.32 Å². The molecule has 0 saturated carbocycles. The summed E-state index contributed by atoms with van der Waals surface area (Å²) in [5.41, 5.74) is 4.25. The summed E-state index contributed by atoms with van der Waals surface area (Å²) in [6.45, 7) is 11.9. The molecule has 1 aromatic rings. The van der Waals surface area contributed by atoms with Gasteiger partial charge in [0.1, 0.15) is 0 Å². The van der Waals surface area contributed by atoms with Gasteiger partial charge in [-0.3, -0.25) is 0 Å². The zero-order valence-corrected chi connectivity index (χ0v) is 11.8. The molecule has 0 atom stereocenters. The second-order valence-electron chi connectivity index (χ2n) is 5.67. The highest BCUT2D eigenvalue weighted by Crippen LogP contribution is 2.12. The van der Waals surface area contributed by atoms with E-state index in [1.165, 1.54) is 16.7 Å². The molecule has 0 heterocycles. The van der Waals surface area contributed by atoms with Crippen LogP contribution in [0.25, 0.3) is 6.08 Å². The van der Waals surface area contributed by atoms with Crippen molar-refractivity contribution in [1.29, 1.82) is 0 Å². The molecule has 1 aromatic carbocycles. The molecule has 0 amide bonds. The first-order valence-electron chi connectivity index (χ1n) is 6.42. The van der Waals surface area contributed by atoms with Gasteiger partial charge in [0.05, 0.1) is 0 Å². The highest BCUT2D eigenvalue weighted by molar-refractivity contribution is 5.54. The largest absolute Gasteiger partial charge is 0.308 e. The van der Waals surface area contributed by atoms with Gasteiger partial charge in [-0.1, -0.05) is 48.4 Å². The number of hydrogen-bond acceptors (Lipinski definition) is 1. The Morgan fingerprint density at radius 2 is 2.00 bits per heavy atom. The van der Waals surface area contributed by atoms with E-state index in [0.29, 0.717) is 0 Å². The topological polar surface area (TPSA) is 12.0 Å². The van der Waals surface area contributed by atoms with Gasteiger partial charge in [-0.05, 0) is 39.7 Å². The zero-order valence-electron chi connectivity index (χ0n) is 11.8. The summed E-state index contributed by atoms with van der Waals surface area (Å²) in [4.78, 5) is 0. The van der Waals surface area contributed by atoms with Crippen molar-refractivity contribution in [3.8, 4) is 0 Å². The smallest absolute Gasteiger partial charge is 0.0172 e. The van der Waals surface area contributed by atoms with Crippen molar-refractivity contribution in [3.63, 3.8) is 0 Å². The molecule has 1 heteroatoms. The van der Waals surface area contributed by atoms with E-state index >= 15 is 0 Å². The number of benzene rings is 1. The second kappa shape index (κ2) is 6.02. The van der Waals surface area contributed by atoms with E-state index in [0.717, 1.165) is 13.0 Å². The lowest BCUT2D eigenvalue weighted by molar-refractivity contribution is 0.443. The zero-order chi connectivity index (χ0) is 12.9. The van der Waals surface area contributed by atoms with Crippen molar-refractivity contribution in [2.24, 2.45) is 0 Å². The molecule has 0 aliphatic rings. The minimum absolute atomic E-state index is 0.181. The van der Waals surface area contributed by atoms with Gasteiger partial charge in [-0.2, -0.15) is 0 Å². The van der Waals surface area contributed by atoms with E-state index in [1.807, 2.05) is 0 Å². The molecule has 0 saturated heterocycles. The number of rotatable bonds is 4. The van der Waals surface area contributed by atoms with Crippen LogP contribution in [-0.2, 0) is 0 Å². The standard InChI is InChI=1S/C16H25N/c1-6-14(12-17-16(3,4)5)11-15-9-7-8-13(2)10-15/h7-11,17H,6,12H2,1-5H3. The van der Waals surface area contributed by atoms with E-state index in [4.69, 9.17) is 0 Å². The average molecular weight is 231 g/mol. The lowest BCUT2D eigenvalue weighted by Crippen LogP contribution is -2.36. The fourth-order valence-corrected chi connectivity index (χ4v) is 1.65. The normalized spacial score (nSPS) is 12.9. The first-order chi connectivity index (χ1) is 7.90. The van der Waals surface area contributed by atoms with Crippen LogP contribution in [0.2, 0.25) is 0 Å². The fraction of sp³-hybridized carbons (Fsp3) is 0.500. The van der Waals surface area contributed by atoms with E-state index < -0.39 is 0 Å². The van der Waals surface area contributed by atoms with Crippen LogP contribution >= 0.6 is 0 Å². The van der Waals surface area contributed by atoms with Crippen molar-refractivity contribution < 1.29 is 0 Å². The lowest BCUT2D eigenvalue weighted by Gasteiger charge is -2.21. The number of aryl methyl sites for hydroxylation is 1. The van der Waals surface area contributed by atoms with Gasteiger partial charge >= 0.3 is 0 Å². The Kier molecular flexibility index (Phi) is 4.95. The maximum Gasteiger partial charge on any atom is 0.0172 e. The third-order valence-corrected chi connectivity index (χ3v) is 2.71. The van der Waals surface area contributed by atoms with Crippen LogP contribution in [0.5, 0.6) is 0 Å². The Labute approximate surface area is 106 Å². The molecule has 1 rings (SSSR count). The molecule has 0 bridgehead atoms. The summed E-state index contributed by atoms with van der Waals surface area (Å²) in [6, 6.07) is 8.65. The van der Waals surface area contributed by atoms with Crippen molar-refractivity contribution in [3.05, 3.63) is 41.0 Å². The fourth-order valence-electron chi connectivity index (χ4n) is 1.65. The van der Waals surface area contributed by atoms with Crippen LogP contribution in [0.15, 0.2) is 29.8 Å². The van der Waals surface area contributed by atoms with Crippen LogP contribution in [-0.4, -0.2) is 12.1 Å². The summed E-state index contributed by atoms with van der Waals surface area (Å²) < 4.78 is 0. The minimum Gasteiger partial charge on any atom is -0.308 e. The van der Waals surface area contributed by atoms with E-state index in [1.54, 1.807) is 0 Å². The van der Waals surface area contributed by atoms with Gasteiger partial charge in [-0.25, -0.2) is 0 Å². The van der Waals surface area contributed by atoms with Crippen molar-refractivity contribution >= 4 is 6.08 Å². The molecule has 1 N–H and O–H groups in total. The molecule has 0 spiro atoms. The molecule has 94 valence electrons. The Morgan fingerprint density at radius 1 is 1.29 bits per heavy atom. The van der Waals surface area contributed by atoms with Gasteiger partial charge in [0, 0.05) is 12.1 Å². The van der Waals surface area contributed by atoms with Crippen LogP contribution in [0, 0.1) is 6.92 Å².